The van der Waals surface area contributed by atoms with Crippen LogP contribution >= 0.6 is 12.2 Å². The zero-order valence-corrected chi connectivity index (χ0v) is 15.6. The minimum Gasteiger partial charge on any atom is -0.494 e. The molecule has 3 nitrogen and oxygen atoms in total. The number of aliphatic imine (C=N–C) groups is 1. The number of rotatable bonds is 6. The van der Waals surface area contributed by atoms with E-state index in [-0.39, 0.29) is 17.7 Å². The van der Waals surface area contributed by atoms with Crippen LogP contribution in [0.4, 0.5) is 4.39 Å². The normalized spacial score (nSPS) is 19.6. The fourth-order valence-corrected chi connectivity index (χ4v) is 3.42. The molecule has 1 aliphatic rings. The van der Waals surface area contributed by atoms with E-state index in [0.29, 0.717) is 12.6 Å². The summed E-state index contributed by atoms with van der Waals surface area (Å²) in [6.45, 7) is 0.586. The summed E-state index contributed by atoms with van der Waals surface area (Å²) in [6.07, 6.45) is 4.32. The highest BCUT2D eigenvalue weighted by molar-refractivity contribution is 7.78. The number of methoxy groups -OCH3 is 1. The summed E-state index contributed by atoms with van der Waals surface area (Å²) in [7, 11) is 1.46. The zero-order valence-electron chi connectivity index (χ0n) is 14.8. The minimum atomic E-state index is -0.356. The monoisotopic (exact) mass is 371 g/mol. The summed E-state index contributed by atoms with van der Waals surface area (Å²) < 4.78 is 24.8. The second-order valence-electron chi connectivity index (χ2n) is 6.51. The number of halogens is 1. The molecule has 0 amide bonds. The van der Waals surface area contributed by atoms with Crippen molar-refractivity contribution < 1.29 is 13.9 Å². The van der Waals surface area contributed by atoms with Gasteiger partial charge in [-0.3, -0.25) is 0 Å². The lowest BCUT2D eigenvalue weighted by molar-refractivity contribution is 0.0140. The Morgan fingerprint density at radius 3 is 2.38 bits per heavy atom. The molecule has 1 saturated carbocycles. The number of isothiocyanates is 1. The third-order valence-electron chi connectivity index (χ3n) is 4.80. The highest BCUT2D eigenvalue weighted by Crippen LogP contribution is 2.27. The predicted octanol–water partition coefficient (Wildman–Crippen LogP) is 5.43. The van der Waals surface area contributed by atoms with Gasteiger partial charge in [-0.2, -0.15) is 0 Å². The van der Waals surface area contributed by atoms with Crippen molar-refractivity contribution >= 4 is 17.4 Å². The van der Waals surface area contributed by atoms with Gasteiger partial charge in [0, 0.05) is 0 Å². The fraction of sp³-hybridized carbons (Fsp3) is 0.381. The van der Waals surface area contributed by atoms with Gasteiger partial charge in [-0.05, 0) is 66.7 Å². The van der Waals surface area contributed by atoms with Crippen LogP contribution in [0.3, 0.4) is 0 Å². The Labute approximate surface area is 158 Å². The number of benzene rings is 2. The number of ether oxygens (including phenoxy) is 2. The van der Waals surface area contributed by atoms with Crippen LogP contribution in [0.15, 0.2) is 47.5 Å². The van der Waals surface area contributed by atoms with E-state index in [9.17, 15) is 4.39 Å². The van der Waals surface area contributed by atoms with Crippen LogP contribution in [0.25, 0.3) is 11.1 Å². The topological polar surface area (TPSA) is 30.8 Å². The molecule has 0 saturated heterocycles. The third-order valence-corrected chi connectivity index (χ3v) is 4.91. The Hall–Kier alpha value is -2.07. The first-order valence-corrected chi connectivity index (χ1v) is 9.22. The summed E-state index contributed by atoms with van der Waals surface area (Å²) in [5, 5.41) is 2.48. The van der Waals surface area contributed by atoms with E-state index in [0.717, 1.165) is 42.4 Å². The van der Waals surface area contributed by atoms with Gasteiger partial charge < -0.3 is 9.47 Å². The number of thiocarbonyl (C=S) groups is 1. The lowest BCUT2D eigenvalue weighted by Gasteiger charge is -2.25. The summed E-state index contributed by atoms with van der Waals surface area (Å²) in [5.41, 5.74) is 2.91. The first-order chi connectivity index (χ1) is 12.7. The van der Waals surface area contributed by atoms with Gasteiger partial charge in [0.05, 0.1) is 31.0 Å². The molecule has 0 aromatic heterocycles. The van der Waals surface area contributed by atoms with Crippen molar-refractivity contribution in [3.63, 3.8) is 0 Å². The molecule has 3 rings (SSSR count). The minimum absolute atomic E-state index is 0.254. The van der Waals surface area contributed by atoms with Crippen molar-refractivity contribution in [3.8, 4) is 16.9 Å². The van der Waals surface area contributed by atoms with Crippen molar-refractivity contribution in [2.45, 2.75) is 44.4 Å². The molecule has 0 spiro atoms. The van der Waals surface area contributed by atoms with Crippen LogP contribution in [0.2, 0.25) is 0 Å². The molecule has 0 N–H and O–H groups in total. The molecule has 0 heterocycles. The Morgan fingerprint density at radius 1 is 1.08 bits per heavy atom. The first-order valence-electron chi connectivity index (χ1n) is 8.81. The summed E-state index contributed by atoms with van der Waals surface area (Å²) in [4.78, 5) is 4.17. The van der Waals surface area contributed by atoms with Crippen LogP contribution in [0.1, 0.15) is 31.2 Å². The number of nitrogens with zero attached hydrogens (tertiary/aromatic N) is 1. The van der Waals surface area contributed by atoms with Gasteiger partial charge in [-0.25, -0.2) is 9.38 Å². The summed E-state index contributed by atoms with van der Waals surface area (Å²) >= 11 is 4.67. The molecule has 2 aromatic carbocycles. The molecule has 1 fully saturated rings. The smallest absolute Gasteiger partial charge is 0.165 e. The van der Waals surface area contributed by atoms with Gasteiger partial charge in [0.25, 0.3) is 0 Å². The molecular weight excluding hydrogens is 349 g/mol. The molecule has 136 valence electrons. The maximum atomic E-state index is 13.9. The highest BCUT2D eigenvalue weighted by atomic mass is 32.1. The van der Waals surface area contributed by atoms with Gasteiger partial charge in [0.15, 0.2) is 11.6 Å². The van der Waals surface area contributed by atoms with E-state index in [1.807, 2.05) is 30.3 Å². The largest absolute Gasteiger partial charge is 0.494 e. The predicted molar refractivity (Wildman–Crippen MR) is 104 cm³/mol. The Balaban J connectivity index is 1.55. The molecule has 0 unspecified atom stereocenters. The van der Waals surface area contributed by atoms with E-state index < -0.39 is 0 Å². The van der Waals surface area contributed by atoms with Crippen LogP contribution in [-0.4, -0.2) is 24.4 Å². The van der Waals surface area contributed by atoms with Gasteiger partial charge in [-0.15, -0.1) is 0 Å². The fourth-order valence-electron chi connectivity index (χ4n) is 3.27. The van der Waals surface area contributed by atoms with Crippen LogP contribution in [0, 0.1) is 5.82 Å². The van der Waals surface area contributed by atoms with Crippen molar-refractivity contribution in [2.75, 3.05) is 7.11 Å². The van der Waals surface area contributed by atoms with E-state index in [1.54, 1.807) is 6.07 Å². The van der Waals surface area contributed by atoms with Gasteiger partial charge in [0.2, 0.25) is 0 Å². The number of hydrogen-bond acceptors (Lipinski definition) is 4. The average molecular weight is 371 g/mol. The van der Waals surface area contributed by atoms with E-state index in [1.165, 1.54) is 13.2 Å². The van der Waals surface area contributed by atoms with E-state index in [2.05, 4.69) is 22.4 Å². The van der Waals surface area contributed by atoms with E-state index >= 15 is 0 Å². The standard InChI is InChI=1S/C21H22FNO2S/c1-24-21-11-6-17(12-20(21)22)16-4-2-15(3-5-16)13-25-19-9-7-18(8-10-19)23-14-26/h2-6,11-12,18-19H,7-10,13H2,1H3. The van der Waals surface area contributed by atoms with Crippen LogP contribution in [0.5, 0.6) is 5.75 Å². The van der Waals surface area contributed by atoms with Crippen molar-refractivity contribution in [3.05, 3.63) is 53.8 Å². The molecule has 0 atom stereocenters. The van der Waals surface area contributed by atoms with Gasteiger partial charge in [-0.1, -0.05) is 30.3 Å². The molecular formula is C21H22FNO2S. The molecule has 5 heteroatoms. The maximum Gasteiger partial charge on any atom is 0.165 e. The number of hydrogen-bond donors (Lipinski definition) is 0. The van der Waals surface area contributed by atoms with Crippen molar-refractivity contribution in [2.24, 2.45) is 4.99 Å². The quantitative estimate of drug-likeness (QED) is 0.501. The molecule has 0 bridgehead atoms. The Morgan fingerprint density at radius 2 is 1.77 bits per heavy atom. The second-order valence-corrected chi connectivity index (χ2v) is 6.69. The molecule has 1 aliphatic carbocycles. The van der Waals surface area contributed by atoms with E-state index in [4.69, 9.17) is 9.47 Å². The zero-order chi connectivity index (χ0) is 18.4. The third kappa shape index (κ3) is 4.76. The Bertz CT molecular complexity index is 779. The molecule has 0 radical (unpaired) electrons. The van der Waals surface area contributed by atoms with Crippen LogP contribution < -0.4 is 4.74 Å². The lowest BCUT2D eigenvalue weighted by Crippen LogP contribution is -2.23. The van der Waals surface area contributed by atoms with Crippen molar-refractivity contribution in [1.82, 2.24) is 0 Å². The maximum absolute atomic E-state index is 13.9. The summed E-state index contributed by atoms with van der Waals surface area (Å²) in [6, 6.07) is 13.3. The Kier molecular flexibility index (Phi) is 6.51. The SMILES string of the molecule is COc1ccc(-c2ccc(COC3CCC(N=C=S)CC3)cc2)cc1F. The van der Waals surface area contributed by atoms with Gasteiger partial charge >= 0.3 is 0 Å². The summed E-state index contributed by atoms with van der Waals surface area (Å²) in [5.74, 6) is -0.101. The van der Waals surface area contributed by atoms with Crippen molar-refractivity contribution in [1.29, 1.82) is 0 Å². The van der Waals surface area contributed by atoms with Gasteiger partial charge in [0.1, 0.15) is 0 Å². The highest BCUT2D eigenvalue weighted by Gasteiger charge is 2.20. The lowest BCUT2D eigenvalue weighted by atomic mass is 9.93. The molecule has 26 heavy (non-hydrogen) atoms. The second kappa shape index (κ2) is 9.04. The van der Waals surface area contributed by atoms with Crippen LogP contribution in [-0.2, 0) is 11.3 Å². The molecule has 0 aliphatic heterocycles. The first kappa shape index (κ1) is 18.7. The molecule has 2 aromatic rings. The average Bonchev–Trinajstić information content (AvgIpc) is 2.68.